The zero-order valence-electron chi connectivity index (χ0n) is 13.0. The SMILES string of the molecule is CC(=O)C1CCCCN1CCS(=O)(=O)c1ccc([N+](=O)[O-])cc1. The quantitative estimate of drug-likeness (QED) is 0.579. The van der Waals surface area contributed by atoms with Gasteiger partial charge in [0.25, 0.3) is 5.69 Å². The van der Waals surface area contributed by atoms with Crippen molar-refractivity contribution >= 4 is 21.3 Å². The number of nitrogens with zero attached hydrogens (tertiary/aromatic N) is 2. The number of sulfone groups is 1. The van der Waals surface area contributed by atoms with E-state index in [9.17, 15) is 23.3 Å². The molecule has 1 aromatic carbocycles. The van der Waals surface area contributed by atoms with Crippen LogP contribution in [0.4, 0.5) is 5.69 Å². The standard InChI is InChI=1S/C15H20N2O5S/c1-12(18)15-4-2-3-9-16(15)10-11-23(21,22)14-7-5-13(6-8-14)17(19)20/h5-8,15H,2-4,9-11H2,1H3. The summed E-state index contributed by atoms with van der Waals surface area (Å²) in [6.07, 6.45) is 2.71. The average molecular weight is 340 g/mol. The summed E-state index contributed by atoms with van der Waals surface area (Å²) in [5.41, 5.74) is -0.142. The van der Waals surface area contributed by atoms with Crippen LogP contribution in [0, 0.1) is 10.1 Å². The van der Waals surface area contributed by atoms with E-state index in [1.807, 2.05) is 4.90 Å². The molecular weight excluding hydrogens is 320 g/mol. The maximum absolute atomic E-state index is 12.4. The number of hydrogen-bond acceptors (Lipinski definition) is 6. The lowest BCUT2D eigenvalue weighted by atomic mass is 9.99. The van der Waals surface area contributed by atoms with Gasteiger partial charge >= 0.3 is 0 Å². The highest BCUT2D eigenvalue weighted by Crippen LogP contribution is 2.20. The fraction of sp³-hybridized carbons (Fsp3) is 0.533. The molecule has 0 aliphatic carbocycles. The maximum Gasteiger partial charge on any atom is 0.269 e. The molecule has 1 saturated heterocycles. The van der Waals surface area contributed by atoms with E-state index in [2.05, 4.69) is 0 Å². The summed E-state index contributed by atoms with van der Waals surface area (Å²) in [5, 5.41) is 10.6. The fourth-order valence-corrected chi connectivity index (χ4v) is 4.11. The Morgan fingerprint density at radius 2 is 1.96 bits per heavy atom. The monoisotopic (exact) mass is 340 g/mol. The van der Waals surface area contributed by atoms with Crippen molar-refractivity contribution in [1.82, 2.24) is 4.90 Å². The molecule has 1 atom stereocenters. The summed E-state index contributed by atoms with van der Waals surface area (Å²) < 4.78 is 24.7. The van der Waals surface area contributed by atoms with E-state index in [1.54, 1.807) is 0 Å². The van der Waals surface area contributed by atoms with E-state index in [1.165, 1.54) is 31.2 Å². The van der Waals surface area contributed by atoms with Crippen molar-refractivity contribution < 1.29 is 18.1 Å². The first-order valence-corrected chi connectivity index (χ1v) is 9.18. The molecule has 7 nitrogen and oxygen atoms in total. The van der Waals surface area contributed by atoms with Crippen LogP contribution in [0.3, 0.4) is 0 Å². The van der Waals surface area contributed by atoms with Gasteiger partial charge in [0.15, 0.2) is 9.84 Å². The predicted octanol–water partition coefficient (Wildman–Crippen LogP) is 1.81. The Hall–Kier alpha value is -1.80. The van der Waals surface area contributed by atoms with Gasteiger partial charge in [-0.25, -0.2) is 8.42 Å². The van der Waals surface area contributed by atoms with Gasteiger partial charge in [0.1, 0.15) is 5.78 Å². The topological polar surface area (TPSA) is 97.6 Å². The summed E-state index contributed by atoms with van der Waals surface area (Å²) in [7, 11) is -3.53. The second-order valence-corrected chi connectivity index (χ2v) is 7.84. The minimum atomic E-state index is -3.53. The van der Waals surface area contributed by atoms with Gasteiger partial charge in [0, 0.05) is 18.7 Å². The van der Waals surface area contributed by atoms with Crippen LogP contribution in [0.5, 0.6) is 0 Å². The first kappa shape index (κ1) is 17.6. The van der Waals surface area contributed by atoms with Gasteiger partial charge in [-0.1, -0.05) is 6.42 Å². The van der Waals surface area contributed by atoms with Crippen molar-refractivity contribution in [2.24, 2.45) is 0 Å². The molecule has 2 rings (SSSR count). The average Bonchev–Trinajstić information content (AvgIpc) is 2.53. The lowest BCUT2D eigenvalue weighted by Crippen LogP contribution is -2.45. The lowest BCUT2D eigenvalue weighted by molar-refractivity contribution is -0.384. The van der Waals surface area contributed by atoms with Gasteiger partial charge in [0.2, 0.25) is 0 Å². The zero-order valence-corrected chi connectivity index (χ0v) is 13.8. The summed E-state index contributed by atoms with van der Waals surface area (Å²) in [5.74, 6) is -0.0355. The highest BCUT2D eigenvalue weighted by molar-refractivity contribution is 7.91. The molecule has 1 aliphatic rings. The molecule has 8 heteroatoms. The van der Waals surface area contributed by atoms with Crippen molar-refractivity contribution in [2.45, 2.75) is 37.1 Å². The van der Waals surface area contributed by atoms with Crippen LogP contribution in [-0.2, 0) is 14.6 Å². The van der Waals surface area contributed by atoms with Crippen LogP contribution in [0.25, 0.3) is 0 Å². The van der Waals surface area contributed by atoms with E-state index in [-0.39, 0.29) is 28.2 Å². The van der Waals surface area contributed by atoms with Gasteiger partial charge in [-0.15, -0.1) is 0 Å². The molecule has 23 heavy (non-hydrogen) atoms. The second-order valence-electron chi connectivity index (χ2n) is 5.73. The third-order valence-corrected chi connectivity index (χ3v) is 5.85. The first-order valence-electron chi connectivity index (χ1n) is 7.53. The summed E-state index contributed by atoms with van der Waals surface area (Å²) in [6.45, 7) is 2.55. The molecule has 0 amide bonds. The molecule has 1 aromatic rings. The number of carbonyl (C=O) groups excluding carboxylic acids is 1. The van der Waals surface area contributed by atoms with Crippen LogP contribution < -0.4 is 0 Å². The molecule has 126 valence electrons. The number of carbonyl (C=O) groups is 1. The van der Waals surface area contributed by atoms with Gasteiger partial charge in [0.05, 0.1) is 21.6 Å². The number of ketones is 1. The van der Waals surface area contributed by atoms with E-state index >= 15 is 0 Å². The van der Waals surface area contributed by atoms with Crippen LogP contribution in [0.15, 0.2) is 29.2 Å². The van der Waals surface area contributed by atoms with Crippen molar-refractivity contribution in [1.29, 1.82) is 0 Å². The number of nitro groups is 1. The highest BCUT2D eigenvalue weighted by atomic mass is 32.2. The minimum absolute atomic E-state index is 0.0671. The molecule has 0 bridgehead atoms. The number of rotatable bonds is 6. The molecule has 0 saturated carbocycles. The summed E-state index contributed by atoms with van der Waals surface area (Å²) in [4.78, 5) is 23.7. The normalized spacial score (nSPS) is 19.4. The van der Waals surface area contributed by atoms with Crippen LogP contribution in [0.1, 0.15) is 26.2 Å². The lowest BCUT2D eigenvalue weighted by Gasteiger charge is -2.33. The molecule has 1 aliphatic heterocycles. The van der Waals surface area contributed by atoms with Gasteiger partial charge < -0.3 is 0 Å². The van der Waals surface area contributed by atoms with Gasteiger partial charge in [-0.3, -0.25) is 19.8 Å². The number of benzene rings is 1. The molecule has 1 unspecified atom stereocenters. The molecule has 0 radical (unpaired) electrons. The molecule has 1 fully saturated rings. The predicted molar refractivity (Wildman–Crippen MR) is 85.0 cm³/mol. The number of Topliss-reactive ketones (excluding diaryl/α,β-unsaturated/α-hetero) is 1. The third-order valence-electron chi connectivity index (χ3n) is 4.14. The number of nitro benzene ring substituents is 1. The first-order chi connectivity index (χ1) is 10.8. The molecule has 0 aromatic heterocycles. The van der Waals surface area contributed by atoms with Crippen LogP contribution in [0.2, 0.25) is 0 Å². The Labute approximate surface area is 135 Å². The van der Waals surface area contributed by atoms with Crippen molar-refractivity contribution in [3.63, 3.8) is 0 Å². The Kier molecular flexibility index (Phi) is 5.48. The van der Waals surface area contributed by atoms with Crippen molar-refractivity contribution in [3.05, 3.63) is 34.4 Å². The number of piperidine rings is 1. The Bertz CT molecular complexity index is 684. The maximum atomic E-state index is 12.4. The van der Waals surface area contributed by atoms with Gasteiger partial charge in [-0.05, 0) is 38.4 Å². The van der Waals surface area contributed by atoms with E-state index in [4.69, 9.17) is 0 Å². The van der Waals surface area contributed by atoms with Gasteiger partial charge in [-0.2, -0.15) is 0 Å². The number of non-ortho nitro benzene ring substituents is 1. The van der Waals surface area contributed by atoms with Crippen molar-refractivity contribution in [3.8, 4) is 0 Å². The molecule has 0 N–H and O–H groups in total. The highest BCUT2D eigenvalue weighted by Gasteiger charge is 2.27. The fourth-order valence-electron chi connectivity index (χ4n) is 2.85. The minimum Gasteiger partial charge on any atom is -0.298 e. The van der Waals surface area contributed by atoms with Crippen molar-refractivity contribution in [2.75, 3.05) is 18.8 Å². The molecule has 1 heterocycles. The third kappa shape index (κ3) is 4.35. The van der Waals surface area contributed by atoms with E-state index < -0.39 is 14.8 Å². The smallest absolute Gasteiger partial charge is 0.269 e. The van der Waals surface area contributed by atoms with Crippen LogP contribution >= 0.6 is 0 Å². The van der Waals surface area contributed by atoms with E-state index in [0.717, 1.165) is 25.8 Å². The zero-order chi connectivity index (χ0) is 17.0. The van der Waals surface area contributed by atoms with E-state index in [0.29, 0.717) is 6.54 Å². The largest absolute Gasteiger partial charge is 0.298 e. The Balaban J connectivity index is 2.05. The summed E-state index contributed by atoms with van der Waals surface area (Å²) >= 11 is 0. The number of likely N-dealkylation sites (tertiary alicyclic amines) is 1. The summed E-state index contributed by atoms with van der Waals surface area (Å²) in [6, 6.07) is 4.69. The Morgan fingerprint density at radius 1 is 1.30 bits per heavy atom. The second kappa shape index (κ2) is 7.18. The van der Waals surface area contributed by atoms with Crippen LogP contribution in [-0.4, -0.2) is 48.9 Å². The number of hydrogen-bond donors (Lipinski definition) is 0. The molecular formula is C15H20N2O5S. The molecule has 0 spiro atoms. The Morgan fingerprint density at radius 3 is 2.52 bits per heavy atom.